The van der Waals surface area contributed by atoms with E-state index in [0.717, 1.165) is 72.4 Å². The molecule has 0 radical (unpaired) electrons. The fraction of sp³-hybridized carbons (Fsp3) is 0.515. The van der Waals surface area contributed by atoms with E-state index in [4.69, 9.17) is 32.0 Å². The van der Waals surface area contributed by atoms with Crippen molar-refractivity contribution in [2.45, 2.75) is 70.2 Å². The van der Waals surface area contributed by atoms with Gasteiger partial charge in [-0.05, 0) is 68.9 Å². The van der Waals surface area contributed by atoms with Crippen molar-refractivity contribution in [3.05, 3.63) is 46.6 Å². The highest BCUT2D eigenvalue weighted by atomic mass is 35.5. The van der Waals surface area contributed by atoms with Crippen molar-refractivity contribution in [1.29, 1.82) is 0 Å². The van der Waals surface area contributed by atoms with E-state index >= 15 is 0 Å². The van der Waals surface area contributed by atoms with Gasteiger partial charge in [0.15, 0.2) is 5.82 Å². The number of amides is 2. The number of methoxy groups -OCH3 is 1. The normalized spacial score (nSPS) is 26.1. The van der Waals surface area contributed by atoms with E-state index in [1.807, 2.05) is 30.7 Å². The van der Waals surface area contributed by atoms with E-state index in [9.17, 15) is 9.59 Å². The molecule has 0 spiro atoms. The lowest BCUT2D eigenvalue weighted by Gasteiger charge is -2.35. The summed E-state index contributed by atoms with van der Waals surface area (Å²) in [5, 5.41) is 4.69. The Morgan fingerprint density at radius 2 is 1.95 bits per heavy atom. The van der Waals surface area contributed by atoms with E-state index < -0.39 is 0 Å². The molecule has 2 fully saturated rings. The number of imidazole rings is 1. The van der Waals surface area contributed by atoms with Crippen LogP contribution in [0, 0.1) is 11.8 Å². The number of likely N-dealkylation sites (tertiary alicyclic amines) is 1. The van der Waals surface area contributed by atoms with Crippen LogP contribution in [0.2, 0.25) is 5.02 Å². The molecule has 5 atom stereocenters. The van der Waals surface area contributed by atoms with E-state index in [2.05, 4.69) is 22.0 Å². The first-order chi connectivity index (χ1) is 21.2. The molecular weight excluding hydrogens is 578 g/mol. The molecule has 3 aliphatic rings. The van der Waals surface area contributed by atoms with Gasteiger partial charge in [0.1, 0.15) is 5.65 Å². The summed E-state index contributed by atoms with van der Waals surface area (Å²) in [5.74, 6) is 1.46. The van der Waals surface area contributed by atoms with Gasteiger partial charge < -0.3 is 29.8 Å². The van der Waals surface area contributed by atoms with E-state index in [-0.39, 0.29) is 35.9 Å². The number of benzene rings is 1. The largest absolute Gasteiger partial charge is 0.380 e. The molecule has 1 saturated heterocycles. The van der Waals surface area contributed by atoms with E-state index in [0.29, 0.717) is 41.5 Å². The smallest absolute Gasteiger partial charge is 0.254 e. The summed E-state index contributed by atoms with van der Waals surface area (Å²) < 4.78 is 9.72. The lowest BCUT2D eigenvalue weighted by Crippen LogP contribution is -2.53. The first-order valence-corrected chi connectivity index (χ1v) is 16.2. The number of ether oxygens (including phenoxy) is 1. The van der Waals surface area contributed by atoms with Crippen LogP contribution in [-0.4, -0.2) is 68.2 Å². The number of halogens is 1. The summed E-state index contributed by atoms with van der Waals surface area (Å²) in [4.78, 5) is 38.3. The van der Waals surface area contributed by atoms with Crippen molar-refractivity contribution >= 4 is 45.5 Å². The predicted molar refractivity (Wildman–Crippen MR) is 170 cm³/mol. The molecule has 1 aliphatic carbocycles. The predicted octanol–water partition coefficient (Wildman–Crippen LogP) is 4.82. The minimum atomic E-state index is -0.234. The first-order valence-electron chi connectivity index (χ1n) is 15.8. The summed E-state index contributed by atoms with van der Waals surface area (Å²) in [6.07, 6.45) is 5.95. The minimum Gasteiger partial charge on any atom is -0.380 e. The molecule has 1 unspecified atom stereocenters. The summed E-state index contributed by atoms with van der Waals surface area (Å²) in [6.45, 7) is 3.82. The highest BCUT2D eigenvalue weighted by Gasteiger charge is 2.42. The molecular formula is C33H40ClN7O3. The Kier molecular flexibility index (Phi) is 7.63. The molecule has 5 heterocycles. The number of nitrogens with zero attached hydrogens (tertiary/aromatic N) is 5. The van der Waals surface area contributed by atoms with Gasteiger partial charge in [0.2, 0.25) is 5.91 Å². The van der Waals surface area contributed by atoms with Crippen molar-refractivity contribution in [2.24, 2.45) is 24.6 Å². The van der Waals surface area contributed by atoms with Crippen LogP contribution in [0.1, 0.15) is 67.5 Å². The molecule has 10 nitrogen and oxygen atoms in total. The molecule has 3 aromatic heterocycles. The Morgan fingerprint density at radius 3 is 2.75 bits per heavy atom. The molecule has 4 aromatic rings. The third-order valence-corrected chi connectivity index (χ3v) is 10.2. The number of rotatable bonds is 3. The number of aryl methyl sites for hydroxylation is 2. The quantitative estimate of drug-likeness (QED) is 0.340. The van der Waals surface area contributed by atoms with Crippen LogP contribution in [0.5, 0.6) is 0 Å². The molecule has 232 valence electrons. The molecule has 11 heteroatoms. The van der Waals surface area contributed by atoms with Crippen LogP contribution in [0.25, 0.3) is 33.6 Å². The average molecular weight is 618 g/mol. The van der Waals surface area contributed by atoms with Crippen molar-refractivity contribution in [3.63, 3.8) is 0 Å². The van der Waals surface area contributed by atoms with Crippen molar-refractivity contribution in [2.75, 3.05) is 20.2 Å². The lowest BCUT2D eigenvalue weighted by molar-refractivity contribution is -0.123. The van der Waals surface area contributed by atoms with Gasteiger partial charge in [-0.15, -0.1) is 0 Å². The molecule has 2 aliphatic heterocycles. The number of pyridine rings is 1. The Balaban J connectivity index is 1.26. The van der Waals surface area contributed by atoms with Crippen LogP contribution in [0.4, 0.5) is 0 Å². The number of carbonyl (C=O) groups is 2. The number of carbonyl (C=O) groups excluding carboxylic acids is 2. The third kappa shape index (κ3) is 5.16. The Hall–Kier alpha value is -3.47. The van der Waals surface area contributed by atoms with Gasteiger partial charge in [0.25, 0.3) is 5.91 Å². The molecule has 7 rings (SSSR count). The van der Waals surface area contributed by atoms with Gasteiger partial charge in [0, 0.05) is 56.7 Å². The molecule has 3 N–H and O–H groups in total. The molecule has 1 aromatic carbocycles. The fourth-order valence-electron chi connectivity index (χ4n) is 7.20. The summed E-state index contributed by atoms with van der Waals surface area (Å²) in [6, 6.07) is 9.37. The zero-order valence-corrected chi connectivity index (χ0v) is 26.3. The van der Waals surface area contributed by atoms with Crippen LogP contribution in [0.15, 0.2) is 30.3 Å². The Morgan fingerprint density at radius 1 is 1.11 bits per heavy atom. The standard InChI is InChI=1S/C33H40ClN7O3/c1-18-25-9-8-20-16-27(41(30(20)37-25)11-6-4-5-7-19-13-22(19)32(42)36-18)31-38-26-15-21(14-23(34)29(26)39(31)2)33(43)40-12-10-28(44-3)24(35)17-40/h8-9,14-16,18-19,22,24,28H,4-7,10-13,17,35H2,1-3H3,(H,36,42)/t18-,19-,22?,24+,28-/m1/s1. The van der Waals surface area contributed by atoms with Crippen LogP contribution < -0.4 is 11.1 Å². The maximum Gasteiger partial charge on any atom is 0.254 e. The third-order valence-electron chi connectivity index (χ3n) is 9.86. The summed E-state index contributed by atoms with van der Waals surface area (Å²) in [5.41, 5.74) is 10.9. The molecule has 2 amide bonds. The molecule has 2 bridgehead atoms. The Bertz CT molecular complexity index is 1760. The average Bonchev–Trinajstić information content (AvgIpc) is 3.59. The maximum atomic E-state index is 13.5. The number of nitrogens with one attached hydrogen (secondary N) is 1. The summed E-state index contributed by atoms with van der Waals surface area (Å²) >= 11 is 6.85. The monoisotopic (exact) mass is 617 g/mol. The van der Waals surface area contributed by atoms with Crippen LogP contribution in [0.3, 0.4) is 0 Å². The SMILES string of the molecule is CO[C@@H]1CCN(C(=O)c2cc(Cl)c3c(c2)nc(-c2cc4ccc5nc4n2CCCCC[C@@H]2CC2C(=O)N[C@@H]5C)n3C)C[C@@H]1N. The van der Waals surface area contributed by atoms with Gasteiger partial charge in [-0.25, -0.2) is 9.97 Å². The fourth-order valence-corrected chi connectivity index (χ4v) is 7.54. The topological polar surface area (TPSA) is 120 Å². The second kappa shape index (κ2) is 11.5. The zero-order chi connectivity index (χ0) is 30.7. The number of nitrogens with two attached hydrogens (primary N) is 1. The van der Waals surface area contributed by atoms with Gasteiger partial charge >= 0.3 is 0 Å². The second-order valence-electron chi connectivity index (χ2n) is 12.8. The number of hydrogen-bond donors (Lipinski definition) is 2. The summed E-state index contributed by atoms with van der Waals surface area (Å²) in [7, 11) is 3.62. The van der Waals surface area contributed by atoms with Gasteiger partial charge in [-0.3, -0.25) is 9.59 Å². The lowest BCUT2D eigenvalue weighted by atomic mass is 10.0. The van der Waals surface area contributed by atoms with Gasteiger partial charge in [0.05, 0.1) is 39.6 Å². The number of aromatic nitrogens is 4. The highest BCUT2D eigenvalue weighted by Crippen LogP contribution is 2.43. The Labute approximate surface area is 261 Å². The van der Waals surface area contributed by atoms with Crippen molar-refractivity contribution in [3.8, 4) is 11.5 Å². The van der Waals surface area contributed by atoms with Crippen LogP contribution in [-0.2, 0) is 23.1 Å². The minimum absolute atomic E-state index is 0.0508. The van der Waals surface area contributed by atoms with Crippen molar-refractivity contribution < 1.29 is 14.3 Å². The molecule has 44 heavy (non-hydrogen) atoms. The van der Waals surface area contributed by atoms with Gasteiger partial charge in [-0.1, -0.05) is 24.4 Å². The number of piperidine rings is 1. The van der Waals surface area contributed by atoms with E-state index in [1.54, 1.807) is 18.1 Å². The van der Waals surface area contributed by atoms with Crippen LogP contribution >= 0.6 is 11.6 Å². The molecule has 1 saturated carbocycles. The number of hydrogen-bond acceptors (Lipinski definition) is 6. The van der Waals surface area contributed by atoms with Gasteiger partial charge in [-0.2, -0.15) is 0 Å². The second-order valence-corrected chi connectivity index (χ2v) is 13.2. The number of fused-ring (bicyclic) bond motifs is 3. The van der Waals surface area contributed by atoms with Crippen molar-refractivity contribution in [1.82, 2.24) is 29.3 Å². The van der Waals surface area contributed by atoms with E-state index in [1.165, 1.54) is 0 Å². The maximum absolute atomic E-state index is 13.5. The first kappa shape index (κ1) is 29.3. The zero-order valence-electron chi connectivity index (χ0n) is 25.6. The highest BCUT2D eigenvalue weighted by molar-refractivity contribution is 6.35.